The van der Waals surface area contributed by atoms with Crippen LogP contribution < -0.4 is 0 Å². The first-order valence-electron chi connectivity index (χ1n) is 5.19. The van der Waals surface area contributed by atoms with E-state index in [0.29, 0.717) is 0 Å². The second-order valence-electron chi connectivity index (χ2n) is 3.99. The maximum atomic E-state index is 10.6. The molecule has 0 spiro atoms. The van der Waals surface area contributed by atoms with Crippen LogP contribution in [0.2, 0.25) is 5.02 Å². The fraction of sp³-hybridized carbons (Fsp3) is 0.417. The van der Waals surface area contributed by atoms with Gasteiger partial charge in [0, 0.05) is 5.02 Å². The Bertz CT molecular complexity index is 399. The Balaban J connectivity index is 2.36. The van der Waals surface area contributed by atoms with Crippen molar-refractivity contribution >= 4 is 17.6 Å². The lowest BCUT2D eigenvalue weighted by Crippen LogP contribution is -2.06. The Morgan fingerprint density at radius 3 is 2.80 bits per heavy atom. The van der Waals surface area contributed by atoms with Crippen LogP contribution >= 0.6 is 11.6 Å². The van der Waals surface area contributed by atoms with Crippen LogP contribution in [-0.4, -0.2) is 11.1 Å². The van der Waals surface area contributed by atoms with E-state index in [2.05, 4.69) is 0 Å². The van der Waals surface area contributed by atoms with Crippen LogP contribution in [0.4, 0.5) is 0 Å². The molecule has 0 unspecified atom stereocenters. The zero-order valence-electron chi connectivity index (χ0n) is 8.42. The molecule has 0 atom stereocenters. The molecule has 1 N–H and O–H groups in total. The predicted octanol–water partition coefficient (Wildman–Crippen LogP) is 2.85. The van der Waals surface area contributed by atoms with Gasteiger partial charge in [-0.2, -0.15) is 0 Å². The Kier molecular flexibility index (Phi) is 2.96. The molecule has 0 aliphatic heterocycles. The van der Waals surface area contributed by atoms with Gasteiger partial charge in [-0.05, 0) is 48.4 Å². The first kappa shape index (κ1) is 10.5. The van der Waals surface area contributed by atoms with Crippen molar-refractivity contribution in [3.8, 4) is 0 Å². The van der Waals surface area contributed by atoms with Gasteiger partial charge in [0.2, 0.25) is 0 Å². The molecule has 0 bridgehead atoms. The molecule has 80 valence electrons. The number of hydrogen-bond donors (Lipinski definition) is 1. The van der Waals surface area contributed by atoms with Crippen LogP contribution in [0.3, 0.4) is 0 Å². The van der Waals surface area contributed by atoms with Crippen LogP contribution in [0.25, 0.3) is 0 Å². The summed E-state index contributed by atoms with van der Waals surface area (Å²) < 4.78 is 0. The van der Waals surface area contributed by atoms with E-state index in [4.69, 9.17) is 16.7 Å². The van der Waals surface area contributed by atoms with Gasteiger partial charge in [-0.1, -0.05) is 17.7 Å². The SMILES string of the molecule is O=C(O)Cc1cc(Cl)c2c(c1)CCCC2. The summed E-state index contributed by atoms with van der Waals surface area (Å²) in [7, 11) is 0. The molecule has 1 aliphatic carbocycles. The molecule has 3 heteroatoms. The molecule has 1 aromatic rings. The number of fused-ring (bicyclic) bond motifs is 1. The van der Waals surface area contributed by atoms with Crippen molar-refractivity contribution in [2.24, 2.45) is 0 Å². The van der Waals surface area contributed by atoms with Gasteiger partial charge in [0.25, 0.3) is 0 Å². The number of carbonyl (C=O) groups is 1. The van der Waals surface area contributed by atoms with E-state index < -0.39 is 5.97 Å². The lowest BCUT2D eigenvalue weighted by atomic mass is 9.90. The molecule has 2 rings (SSSR count). The lowest BCUT2D eigenvalue weighted by molar-refractivity contribution is -0.136. The van der Waals surface area contributed by atoms with Crippen molar-refractivity contribution in [2.45, 2.75) is 32.1 Å². The molecule has 0 saturated heterocycles. The quantitative estimate of drug-likeness (QED) is 0.839. The highest BCUT2D eigenvalue weighted by Crippen LogP contribution is 2.29. The van der Waals surface area contributed by atoms with E-state index in [1.807, 2.05) is 6.07 Å². The molecule has 0 saturated carbocycles. The first-order chi connectivity index (χ1) is 7.16. The van der Waals surface area contributed by atoms with Crippen LogP contribution in [0.1, 0.15) is 29.5 Å². The maximum Gasteiger partial charge on any atom is 0.307 e. The van der Waals surface area contributed by atoms with Crippen LogP contribution in [-0.2, 0) is 24.1 Å². The van der Waals surface area contributed by atoms with Crippen LogP contribution in [0, 0.1) is 0 Å². The summed E-state index contributed by atoms with van der Waals surface area (Å²) in [6, 6.07) is 3.79. The van der Waals surface area contributed by atoms with Gasteiger partial charge in [0.05, 0.1) is 6.42 Å². The van der Waals surface area contributed by atoms with Gasteiger partial charge >= 0.3 is 5.97 Å². The van der Waals surface area contributed by atoms with E-state index in [1.54, 1.807) is 6.07 Å². The van der Waals surface area contributed by atoms with Gasteiger partial charge in [0.15, 0.2) is 0 Å². The summed E-state index contributed by atoms with van der Waals surface area (Å²) in [6.07, 6.45) is 4.49. The topological polar surface area (TPSA) is 37.3 Å². The minimum atomic E-state index is -0.804. The highest BCUT2D eigenvalue weighted by molar-refractivity contribution is 6.31. The number of aryl methyl sites for hydroxylation is 1. The van der Waals surface area contributed by atoms with E-state index >= 15 is 0 Å². The molecule has 0 fully saturated rings. The third-order valence-electron chi connectivity index (χ3n) is 2.83. The summed E-state index contributed by atoms with van der Waals surface area (Å²) in [4.78, 5) is 10.6. The summed E-state index contributed by atoms with van der Waals surface area (Å²) in [5.41, 5.74) is 3.27. The smallest absolute Gasteiger partial charge is 0.307 e. The number of halogens is 1. The Labute approximate surface area is 93.9 Å². The summed E-state index contributed by atoms with van der Waals surface area (Å²) in [6.45, 7) is 0. The largest absolute Gasteiger partial charge is 0.481 e. The Hall–Kier alpha value is -1.02. The van der Waals surface area contributed by atoms with E-state index in [9.17, 15) is 4.79 Å². The van der Waals surface area contributed by atoms with Crippen molar-refractivity contribution in [1.29, 1.82) is 0 Å². The van der Waals surface area contributed by atoms with E-state index in [0.717, 1.165) is 23.4 Å². The van der Waals surface area contributed by atoms with Gasteiger partial charge in [-0.25, -0.2) is 0 Å². The van der Waals surface area contributed by atoms with Crippen molar-refractivity contribution in [2.75, 3.05) is 0 Å². The Morgan fingerprint density at radius 2 is 2.07 bits per heavy atom. The molecular weight excluding hydrogens is 212 g/mol. The molecule has 1 aromatic carbocycles. The van der Waals surface area contributed by atoms with Crippen LogP contribution in [0.15, 0.2) is 12.1 Å². The van der Waals surface area contributed by atoms with Gasteiger partial charge in [-0.3, -0.25) is 4.79 Å². The van der Waals surface area contributed by atoms with Crippen molar-refractivity contribution in [1.82, 2.24) is 0 Å². The van der Waals surface area contributed by atoms with Gasteiger partial charge < -0.3 is 5.11 Å². The molecule has 0 aromatic heterocycles. The standard InChI is InChI=1S/C12H13ClO2/c13-11-6-8(7-12(14)15)5-9-3-1-2-4-10(9)11/h5-6H,1-4,7H2,(H,14,15). The fourth-order valence-corrected chi connectivity index (χ4v) is 2.51. The van der Waals surface area contributed by atoms with Gasteiger partial charge in [-0.15, -0.1) is 0 Å². The third-order valence-corrected chi connectivity index (χ3v) is 3.16. The van der Waals surface area contributed by atoms with Gasteiger partial charge in [0.1, 0.15) is 0 Å². The first-order valence-corrected chi connectivity index (χ1v) is 5.56. The monoisotopic (exact) mass is 224 g/mol. The van der Waals surface area contributed by atoms with Crippen molar-refractivity contribution in [3.63, 3.8) is 0 Å². The highest BCUT2D eigenvalue weighted by atomic mass is 35.5. The number of aliphatic carboxylic acids is 1. The van der Waals surface area contributed by atoms with Crippen molar-refractivity contribution < 1.29 is 9.90 Å². The molecule has 1 aliphatic rings. The minimum Gasteiger partial charge on any atom is -0.481 e. The van der Waals surface area contributed by atoms with Crippen molar-refractivity contribution in [3.05, 3.63) is 33.8 Å². The molecule has 2 nitrogen and oxygen atoms in total. The summed E-state index contributed by atoms with van der Waals surface area (Å²) in [5, 5.41) is 9.46. The predicted molar refractivity (Wildman–Crippen MR) is 59.4 cm³/mol. The lowest BCUT2D eigenvalue weighted by Gasteiger charge is -2.18. The maximum absolute atomic E-state index is 10.6. The van der Waals surface area contributed by atoms with Crippen LogP contribution in [0.5, 0.6) is 0 Å². The third kappa shape index (κ3) is 2.32. The van der Waals surface area contributed by atoms with E-state index in [1.165, 1.54) is 24.0 Å². The second kappa shape index (κ2) is 4.23. The molecule has 0 heterocycles. The summed E-state index contributed by atoms with van der Waals surface area (Å²) in [5.74, 6) is -0.804. The average Bonchev–Trinajstić information content (AvgIpc) is 2.16. The average molecular weight is 225 g/mol. The number of benzene rings is 1. The zero-order valence-corrected chi connectivity index (χ0v) is 9.18. The van der Waals surface area contributed by atoms with E-state index in [-0.39, 0.29) is 6.42 Å². The summed E-state index contributed by atoms with van der Waals surface area (Å²) >= 11 is 6.14. The number of rotatable bonds is 2. The minimum absolute atomic E-state index is 0.0625. The normalized spacial score (nSPS) is 14.7. The number of carboxylic acid groups (broad SMARTS) is 1. The second-order valence-corrected chi connectivity index (χ2v) is 4.40. The molecular formula is C12H13ClO2. The molecule has 0 amide bonds. The molecule has 15 heavy (non-hydrogen) atoms. The number of carboxylic acids is 1. The zero-order chi connectivity index (χ0) is 10.8. The molecule has 0 radical (unpaired) electrons. The Morgan fingerprint density at radius 1 is 1.33 bits per heavy atom. The fourth-order valence-electron chi connectivity index (χ4n) is 2.15. The highest BCUT2D eigenvalue weighted by Gasteiger charge is 2.14. The number of hydrogen-bond acceptors (Lipinski definition) is 1.